The summed E-state index contributed by atoms with van der Waals surface area (Å²) in [4.78, 5) is 19.1. The molecule has 232 valence electrons. The number of fused-ring (bicyclic) bond motifs is 1. The number of hydrogen-bond donors (Lipinski definition) is 2. The summed E-state index contributed by atoms with van der Waals surface area (Å²) in [5.41, 5.74) is 5.60. The van der Waals surface area contributed by atoms with Gasteiger partial charge in [-0.15, -0.1) is 10.2 Å². The van der Waals surface area contributed by atoms with E-state index in [-0.39, 0.29) is 34.7 Å². The van der Waals surface area contributed by atoms with Gasteiger partial charge in [-0.3, -0.25) is 4.79 Å². The maximum absolute atomic E-state index is 14.1. The fraction of sp³-hybridized carbons (Fsp3) is 0.194. The lowest BCUT2D eigenvalue weighted by molar-refractivity contribution is -0.145. The molecule has 5 aromatic rings. The second-order valence-corrected chi connectivity index (χ2v) is 10.9. The predicted octanol–water partition coefficient (Wildman–Crippen LogP) is 5.16. The average molecular weight is 645 g/mol. The first kappa shape index (κ1) is 30.6. The van der Waals surface area contributed by atoms with Crippen molar-refractivity contribution in [2.24, 2.45) is 0 Å². The van der Waals surface area contributed by atoms with Gasteiger partial charge < -0.3 is 10.6 Å². The zero-order valence-electron chi connectivity index (χ0n) is 24.3. The van der Waals surface area contributed by atoms with Crippen LogP contribution in [0.5, 0.6) is 0 Å². The third-order valence-electron chi connectivity index (χ3n) is 7.39. The normalized spacial score (nSPS) is 14.1. The maximum Gasteiger partial charge on any atom is 0.455 e. The van der Waals surface area contributed by atoms with Crippen LogP contribution in [0, 0.1) is 18.3 Å². The molecule has 2 aromatic carbocycles. The molecule has 0 saturated heterocycles. The molecule has 11 nitrogen and oxygen atoms in total. The van der Waals surface area contributed by atoms with Crippen molar-refractivity contribution in [1.82, 2.24) is 40.3 Å². The van der Waals surface area contributed by atoms with Gasteiger partial charge in [-0.1, -0.05) is 41.9 Å². The summed E-state index contributed by atoms with van der Waals surface area (Å²) in [5.74, 6) is -2.12. The fourth-order valence-electron chi connectivity index (χ4n) is 5.50. The fourth-order valence-corrected chi connectivity index (χ4v) is 5.70. The van der Waals surface area contributed by atoms with Gasteiger partial charge >= 0.3 is 6.18 Å². The summed E-state index contributed by atoms with van der Waals surface area (Å²) in [7, 11) is 1.85. The van der Waals surface area contributed by atoms with E-state index in [1.54, 1.807) is 31.2 Å². The van der Waals surface area contributed by atoms with E-state index in [0.717, 1.165) is 27.1 Å². The van der Waals surface area contributed by atoms with Gasteiger partial charge in [0, 0.05) is 24.3 Å². The molecule has 1 unspecified atom stereocenters. The van der Waals surface area contributed by atoms with Crippen molar-refractivity contribution in [2.45, 2.75) is 25.6 Å². The first-order valence-corrected chi connectivity index (χ1v) is 14.3. The smallest absolute Gasteiger partial charge is 0.320 e. The van der Waals surface area contributed by atoms with Gasteiger partial charge in [0.15, 0.2) is 5.82 Å². The second-order valence-electron chi connectivity index (χ2n) is 10.5. The average Bonchev–Trinajstić information content (AvgIpc) is 3.76. The number of carbonyl (C=O) groups excluding carboxylic acids is 1. The number of tetrazole rings is 1. The minimum Gasteiger partial charge on any atom is -0.320 e. The first-order valence-electron chi connectivity index (χ1n) is 13.9. The molecule has 1 aliphatic rings. The largest absolute Gasteiger partial charge is 0.455 e. The van der Waals surface area contributed by atoms with E-state index in [1.165, 1.54) is 16.9 Å². The Morgan fingerprint density at radius 2 is 1.91 bits per heavy atom. The molecule has 0 aliphatic heterocycles. The van der Waals surface area contributed by atoms with Gasteiger partial charge in [-0.2, -0.15) is 28.3 Å². The highest BCUT2D eigenvalue weighted by Crippen LogP contribution is 2.44. The monoisotopic (exact) mass is 644 g/mol. The van der Waals surface area contributed by atoms with Gasteiger partial charge in [0.2, 0.25) is 0 Å². The molecule has 6 rings (SSSR count). The van der Waals surface area contributed by atoms with Crippen molar-refractivity contribution in [3.8, 4) is 11.9 Å². The topological polar surface area (TPSA) is 139 Å². The van der Waals surface area contributed by atoms with Crippen LogP contribution in [0.4, 0.5) is 18.9 Å². The number of alkyl halides is 3. The standard InChI is InChI=1S/C31H24ClF3N10O/c1-17-10-18(14-36)11-23(26-20(15-37-2)12-19-6-3-4-7-22(19)26)27(17)39-29(46)25-13-21(16-44-42-30(40-43-44)31(33,34)35)41-45(25)28-24(32)8-5-9-38-28/h3-13,26,37H,15-16H2,1-2H3,(H,39,46). The molecule has 0 saturated carbocycles. The highest BCUT2D eigenvalue weighted by atomic mass is 35.5. The summed E-state index contributed by atoms with van der Waals surface area (Å²) in [6.07, 6.45) is -1.21. The summed E-state index contributed by atoms with van der Waals surface area (Å²) >= 11 is 6.42. The molecule has 2 N–H and O–H groups in total. The lowest BCUT2D eigenvalue weighted by atomic mass is 9.85. The van der Waals surface area contributed by atoms with Crippen LogP contribution >= 0.6 is 11.6 Å². The molecule has 3 aromatic heterocycles. The SMILES string of the molecule is CNCC1=Cc2ccccc2C1c1cc(C#N)cc(C)c1NC(=O)c1cc(Cn2nnc(C(F)(F)F)n2)nn1-c1ncccc1Cl. The van der Waals surface area contributed by atoms with E-state index in [0.29, 0.717) is 23.4 Å². The van der Waals surface area contributed by atoms with Crippen LogP contribution in [0.25, 0.3) is 11.9 Å². The Kier molecular flexibility index (Phi) is 8.11. The Bertz CT molecular complexity index is 2040. The van der Waals surface area contributed by atoms with Crippen molar-refractivity contribution < 1.29 is 18.0 Å². The molecule has 0 fully saturated rings. The van der Waals surface area contributed by atoms with E-state index in [2.05, 4.69) is 48.3 Å². The minimum absolute atomic E-state index is 0.000664. The van der Waals surface area contributed by atoms with Crippen LogP contribution in [0.1, 0.15) is 55.7 Å². The predicted molar refractivity (Wildman–Crippen MR) is 162 cm³/mol. The van der Waals surface area contributed by atoms with Gasteiger partial charge in [-0.05, 0) is 77.3 Å². The van der Waals surface area contributed by atoms with Crippen molar-refractivity contribution >= 4 is 29.3 Å². The van der Waals surface area contributed by atoms with Crippen LogP contribution in [-0.4, -0.2) is 54.5 Å². The summed E-state index contributed by atoms with van der Waals surface area (Å²) in [6.45, 7) is 2.05. The van der Waals surface area contributed by atoms with Gasteiger partial charge in [0.25, 0.3) is 11.7 Å². The Balaban J connectivity index is 1.43. The van der Waals surface area contributed by atoms with Crippen molar-refractivity contribution in [3.05, 3.63) is 116 Å². The number of aromatic nitrogens is 7. The number of benzene rings is 2. The number of amides is 1. The number of aryl methyl sites for hydroxylation is 1. The molecular weight excluding hydrogens is 621 g/mol. The molecular formula is C31H24ClF3N10O. The second kappa shape index (κ2) is 12.2. The van der Waals surface area contributed by atoms with Crippen LogP contribution in [-0.2, 0) is 12.7 Å². The molecule has 3 heterocycles. The maximum atomic E-state index is 14.1. The zero-order valence-corrected chi connectivity index (χ0v) is 25.1. The summed E-state index contributed by atoms with van der Waals surface area (Å²) in [5, 5.41) is 30.6. The molecule has 0 spiro atoms. The number of carbonyl (C=O) groups is 1. The number of likely N-dealkylation sites (N-methyl/N-ethyl adjacent to an activating group) is 1. The van der Waals surface area contributed by atoms with Crippen LogP contribution < -0.4 is 10.6 Å². The van der Waals surface area contributed by atoms with Crippen molar-refractivity contribution in [1.29, 1.82) is 5.26 Å². The van der Waals surface area contributed by atoms with E-state index in [1.807, 2.05) is 31.3 Å². The molecule has 0 radical (unpaired) electrons. The van der Waals surface area contributed by atoms with Crippen LogP contribution in [0.3, 0.4) is 0 Å². The van der Waals surface area contributed by atoms with E-state index >= 15 is 0 Å². The molecule has 15 heteroatoms. The number of halogens is 4. The third kappa shape index (κ3) is 5.85. The lowest BCUT2D eigenvalue weighted by Crippen LogP contribution is -2.21. The van der Waals surface area contributed by atoms with Gasteiger partial charge in [-0.25, -0.2) is 9.67 Å². The lowest BCUT2D eigenvalue weighted by Gasteiger charge is -2.23. The Hall–Kier alpha value is -5.39. The number of nitrogens with one attached hydrogen (secondary N) is 2. The quantitative estimate of drug-likeness (QED) is 0.236. The molecule has 0 bridgehead atoms. The summed E-state index contributed by atoms with van der Waals surface area (Å²) < 4.78 is 40.4. The van der Waals surface area contributed by atoms with E-state index in [9.17, 15) is 23.2 Å². The van der Waals surface area contributed by atoms with Gasteiger partial charge in [0.1, 0.15) is 12.2 Å². The number of anilines is 1. The molecule has 1 aliphatic carbocycles. The highest BCUT2D eigenvalue weighted by Gasteiger charge is 2.37. The molecule has 46 heavy (non-hydrogen) atoms. The minimum atomic E-state index is -4.77. The van der Waals surface area contributed by atoms with E-state index < -0.39 is 17.9 Å². The molecule has 1 atom stereocenters. The van der Waals surface area contributed by atoms with Crippen LogP contribution in [0.2, 0.25) is 5.02 Å². The number of nitriles is 1. The van der Waals surface area contributed by atoms with Crippen molar-refractivity contribution in [3.63, 3.8) is 0 Å². The van der Waals surface area contributed by atoms with Crippen molar-refractivity contribution in [2.75, 3.05) is 18.9 Å². The van der Waals surface area contributed by atoms with E-state index in [4.69, 9.17) is 11.6 Å². The Morgan fingerprint density at radius 1 is 1.11 bits per heavy atom. The number of rotatable bonds is 8. The number of pyridine rings is 1. The first-order chi connectivity index (χ1) is 22.1. The Labute approximate surface area is 265 Å². The summed E-state index contributed by atoms with van der Waals surface area (Å²) in [6, 6.07) is 18.2. The van der Waals surface area contributed by atoms with Crippen LogP contribution in [0.15, 0.2) is 66.4 Å². The third-order valence-corrected chi connectivity index (χ3v) is 7.68. The van der Waals surface area contributed by atoms with Gasteiger partial charge in [0.05, 0.1) is 22.3 Å². The number of hydrogen-bond acceptors (Lipinski definition) is 8. The Morgan fingerprint density at radius 3 is 2.63 bits per heavy atom. The molecule has 1 amide bonds. The zero-order chi connectivity index (χ0) is 32.6. The number of nitrogens with zero attached hydrogens (tertiary/aromatic N) is 8. The highest BCUT2D eigenvalue weighted by molar-refractivity contribution is 6.32.